The van der Waals surface area contributed by atoms with E-state index in [1.807, 2.05) is 30.3 Å². The van der Waals surface area contributed by atoms with Crippen LogP contribution in [0.25, 0.3) is 0 Å². The minimum atomic E-state index is -0.301. The SMILES string of the molecule is N#Cc1c(N)cccc1OCC1CCCN(C(=O)OCc2ccccc2)C1. The number of carbonyl (C=O) groups excluding carboxylic acids is 1. The Morgan fingerprint density at radius 2 is 2.04 bits per heavy atom. The van der Waals surface area contributed by atoms with Gasteiger partial charge in [-0.05, 0) is 30.5 Å². The highest BCUT2D eigenvalue weighted by Crippen LogP contribution is 2.25. The van der Waals surface area contributed by atoms with Crippen molar-refractivity contribution in [3.63, 3.8) is 0 Å². The van der Waals surface area contributed by atoms with E-state index in [1.165, 1.54) is 0 Å². The quantitative estimate of drug-likeness (QED) is 0.818. The lowest BCUT2D eigenvalue weighted by molar-refractivity contribution is 0.0710. The first-order chi connectivity index (χ1) is 13.2. The van der Waals surface area contributed by atoms with Crippen molar-refractivity contribution in [1.29, 1.82) is 5.26 Å². The molecule has 2 aromatic carbocycles. The second kappa shape index (κ2) is 8.95. The van der Waals surface area contributed by atoms with Gasteiger partial charge in [0.05, 0.1) is 12.3 Å². The van der Waals surface area contributed by atoms with Crippen LogP contribution in [0.3, 0.4) is 0 Å². The lowest BCUT2D eigenvalue weighted by Gasteiger charge is -2.32. The van der Waals surface area contributed by atoms with Gasteiger partial charge >= 0.3 is 6.09 Å². The van der Waals surface area contributed by atoms with Crippen LogP contribution in [0.2, 0.25) is 0 Å². The first kappa shape index (κ1) is 18.6. The third-order valence-electron chi connectivity index (χ3n) is 4.63. The highest BCUT2D eigenvalue weighted by atomic mass is 16.6. The summed E-state index contributed by atoms with van der Waals surface area (Å²) in [4.78, 5) is 14.1. The summed E-state index contributed by atoms with van der Waals surface area (Å²) in [6.45, 7) is 1.97. The van der Waals surface area contributed by atoms with Crippen LogP contribution in [0.1, 0.15) is 24.0 Å². The second-order valence-corrected chi connectivity index (χ2v) is 6.64. The number of hydrogen-bond acceptors (Lipinski definition) is 5. The van der Waals surface area contributed by atoms with Gasteiger partial charge in [-0.15, -0.1) is 0 Å². The second-order valence-electron chi connectivity index (χ2n) is 6.64. The number of anilines is 1. The number of hydrogen-bond donors (Lipinski definition) is 1. The molecule has 1 fully saturated rings. The molecule has 1 saturated heterocycles. The Balaban J connectivity index is 1.51. The van der Waals surface area contributed by atoms with E-state index in [4.69, 9.17) is 15.2 Å². The van der Waals surface area contributed by atoms with Crippen molar-refractivity contribution in [3.05, 3.63) is 59.7 Å². The highest BCUT2D eigenvalue weighted by molar-refractivity contribution is 5.67. The van der Waals surface area contributed by atoms with Crippen molar-refractivity contribution in [1.82, 2.24) is 4.90 Å². The number of likely N-dealkylation sites (tertiary alicyclic amines) is 1. The van der Waals surface area contributed by atoms with Crippen LogP contribution in [0.5, 0.6) is 5.75 Å². The van der Waals surface area contributed by atoms with Crippen LogP contribution in [0.4, 0.5) is 10.5 Å². The van der Waals surface area contributed by atoms with Gasteiger partial charge < -0.3 is 20.1 Å². The molecule has 6 nitrogen and oxygen atoms in total. The molecule has 0 aliphatic carbocycles. The molecule has 2 aromatic rings. The van der Waals surface area contributed by atoms with E-state index >= 15 is 0 Å². The highest BCUT2D eigenvalue weighted by Gasteiger charge is 2.25. The zero-order valence-electron chi connectivity index (χ0n) is 15.1. The maximum atomic E-state index is 12.3. The van der Waals surface area contributed by atoms with E-state index < -0.39 is 0 Å². The lowest BCUT2D eigenvalue weighted by atomic mass is 9.99. The van der Waals surface area contributed by atoms with E-state index in [9.17, 15) is 10.1 Å². The van der Waals surface area contributed by atoms with E-state index in [-0.39, 0.29) is 18.6 Å². The zero-order valence-corrected chi connectivity index (χ0v) is 15.1. The number of nitrogens with zero attached hydrogens (tertiary/aromatic N) is 2. The molecule has 1 atom stereocenters. The van der Waals surface area contributed by atoms with Crippen molar-refractivity contribution in [2.45, 2.75) is 19.4 Å². The largest absolute Gasteiger partial charge is 0.492 e. The summed E-state index contributed by atoms with van der Waals surface area (Å²) in [5.41, 5.74) is 7.54. The monoisotopic (exact) mass is 365 g/mol. The maximum Gasteiger partial charge on any atom is 0.410 e. The van der Waals surface area contributed by atoms with Crippen molar-refractivity contribution < 1.29 is 14.3 Å². The third kappa shape index (κ3) is 4.91. The number of piperidine rings is 1. The predicted molar refractivity (Wildman–Crippen MR) is 102 cm³/mol. The molecule has 1 aliphatic rings. The fraction of sp³-hybridized carbons (Fsp3) is 0.333. The van der Waals surface area contributed by atoms with Gasteiger partial charge in [0.25, 0.3) is 0 Å². The van der Waals surface area contributed by atoms with E-state index in [2.05, 4.69) is 6.07 Å². The average Bonchev–Trinajstić information content (AvgIpc) is 2.71. The molecule has 0 aromatic heterocycles. The predicted octanol–water partition coefficient (Wildman–Crippen LogP) is 3.57. The number of rotatable bonds is 5. The van der Waals surface area contributed by atoms with Crippen LogP contribution in [0, 0.1) is 17.2 Å². The summed E-state index contributed by atoms with van der Waals surface area (Å²) >= 11 is 0. The molecule has 1 aliphatic heterocycles. The molecule has 27 heavy (non-hydrogen) atoms. The van der Waals surface area contributed by atoms with Gasteiger partial charge in [-0.2, -0.15) is 5.26 Å². The van der Waals surface area contributed by atoms with Crippen LogP contribution >= 0.6 is 0 Å². The molecule has 0 radical (unpaired) electrons. The maximum absolute atomic E-state index is 12.3. The summed E-state index contributed by atoms with van der Waals surface area (Å²) in [6.07, 6.45) is 1.56. The summed E-state index contributed by atoms with van der Waals surface area (Å²) in [5.74, 6) is 0.678. The first-order valence-electron chi connectivity index (χ1n) is 9.04. The smallest absolute Gasteiger partial charge is 0.410 e. The Labute approximate surface area is 159 Å². The Bertz CT molecular complexity index is 817. The molecule has 6 heteroatoms. The molecule has 1 unspecified atom stereocenters. The zero-order chi connectivity index (χ0) is 19.1. The summed E-state index contributed by atoms with van der Waals surface area (Å²) in [6, 6.07) is 16.9. The molecular weight excluding hydrogens is 342 g/mol. The first-order valence-corrected chi connectivity index (χ1v) is 9.04. The Morgan fingerprint density at radius 3 is 2.81 bits per heavy atom. The van der Waals surface area contributed by atoms with Crippen LogP contribution in [-0.2, 0) is 11.3 Å². The van der Waals surface area contributed by atoms with Gasteiger partial charge in [0.1, 0.15) is 24.0 Å². The molecule has 0 bridgehead atoms. The number of ether oxygens (including phenoxy) is 2. The van der Waals surface area contributed by atoms with Gasteiger partial charge in [-0.25, -0.2) is 4.79 Å². The fourth-order valence-electron chi connectivity index (χ4n) is 3.17. The standard InChI is InChI=1S/C21H23N3O3/c22-12-18-19(23)9-4-10-20(18)26-15-17-8-5-11-24(13-17)21(25)27-14-16-6-2-1-3-7-16/h1-4,6-7,9-10,17H,5,8,11,13-15,23H2. The minimum Gasteiger partial charge on any atom is -0.492 e. The summed E-state index contributed by atoms with van der Waals surface area (Å²) < 4.78 is 11.2. The normalized spacial score (nSPS) is 16.4. The molecule has 3 rings (SSSR count). The number of nitrogen functional groups attached to an aromatic ring is 1. The summed E-state index contributed by atoms with van der Waals surface area (Å²) in [7, 11) is 0. The molecule has 1 heterocycles. The van der Waals surface area contributed by atoms with Crippen molar-refractivity contribution in [2.24, 2.45) is 5.92 Å². The molecule has 1 amide bonds. The average molecular weight is 365 g/mol. The van der Waals surface area contributed by atoms with Crippen molar-refractivity contribution >= 4 is 11.8 Å². The molecule has 0 saturated carbocycles. The van der Waals surface area contributed by atoms with E-state index in [0.29, 0.717) is 36.7 Å². The minimum absolute atomic E-state index is 0.191. The Hall–Kier alpha value is -3.20. The molecular formula is C21H23N3O3. The van der Waals surface area contributed by atoms with Crippen molar-refractivity contribution in [2.75, 3.05) is 25.4 Å². The van der Waals surface area contributed by atoms with Crippen LogP contribution in [-0.4, -0.2) is 30.7 Å². The van der Waals surface area contributed by atoms with Gasteiger partial charge in [-0.3, -0.25) is 0 Å². The topological polar surface area (TPSA) is 88.6 Å². The van der Waals surface area contributed by atoms with Crippen molar-refractivity contribution in [3.8, 4) is 11.8 Å². The number of amides is 1. The van der Waals surface area contributed by atoms with Gasteiger partial charge in [0, 0.05) is 19.0 Å². The van der Waals surface area contributed by atoms with E-state index in [0.717, 1.165) is 18.4 Å². The molecule has 0 spiro atoms. The van der Waals surface area contributed by atoms with Crippen LogP contribution < -0.4 is 10.5 Å². The Morgan fingerprint density at radius 1 is 1.22 bits per heavy atom. The fourth-order valence-corrected chi connectivity index (χ4v) is 3.17. The number of benzene rings is 2. The third-order valence-corrected chi connectivity index (χ3v) is 4.63. The number of nitriles is 1. The molecule has 140 valence electrons. The number of carbonyl (C=O) groups is 1. The van der Waals surface area contributed by atoms with Gasteiger partial charge in [0.2, 0.25) is 0 Å². The van der Waals surface area contributed by atoms with Gasteiger partial charge in [0.15, 0.2) is 0 Å². The molecule has 2 N–H and O–H groups in total. The van der Waals surface area contributed by atoms with Gasteiger partial charge in [-0.1, -0.05) is 36.4 Å². The Kier molecular flexibility index (Phi) is 6.16. The number of nitrogens with two attached hydrogens (primary N) is 1. The van der Waals surface area contributed by atoms with E-state index in [1.54, 1.807) is 23.1 Å². The lowest BCUT2D eigenvalue weighted by Crippen LogP contribution is -2.41. The summed E-state index contributed by atoms with van der Waals surface area (Å²) in [5, 5.41) is 9.22. The van der Waals surface area contributed by atoms with Crippen LogP contribution in [0.15, 0.2) is 48.5 Å².